The van der Waals surface area contributed by atoms with Crippen LogP contribution in [0.15, 0.2) is 88.1 Å². The summed E-state index contributed by atoms with van der Waals surface area (Å²) in [7, 11) is 0. The van der Waals surface area contributed by atoms with Gasteiger partial charge >= 0.3 is 0 Å². The molecule has 1 amide bonds. The minimum absolute atomic E-state index is 0.0384. The first-order valence-electron chi connectivity index (χ1n) is 9.91. The van der Waals surface area contributed by atoms with Crippen molar-refractivity contribution in [3.63, 3.8) is 0 Å². The lowest BCUT2D eigenvalue weighted by molar-refractivity contribution is -0.122. The highest BCUT2D eigenvalue weighted by molar-refractivity contribution is 6.20. The van der Waals surface area contributed by atoms with Gasteiger partial charge in [0.1, 0.15) is 5.70 Å². The van der Waals surface area contributed by atoms with Crippen LogP contribution in [0, 0.1) is 5.41 Å². The molecule has 0 saturated carbocycles. The zero-order chi connectivity index (χ0) is 20.4. The molecule has 0 N–H and O–H groups in total. The maximum atomic E-state index is 13.2. The fourth-order valence-corrected chi connectivity index (χ4v) is 3.97. The number of hydrazone groups is 1. The van der Waals surface area contributed by atoms with Gasteiger partial charge < -0.3 is 0 Å². The van der Waals surface area contributed by atoms with Crippen molar-refractivity contribution >= 4 is 23.5 Å². The van der Waals surface area contributed by atoms with Gasteiger partial charge in [-0.05, 0) is 30.4 Å². The predicted octanol–water partition coefficient (Wildman–Crippen LogP) is 5.44. The van der Waals surface area contributed by atoms with E-state index in [1.807, 2.05) is 66.7 Å². The summed E-state index contributed by atoms with van der Waals surface area (Å²) in [4.78, 5) is 17.9. The molecule has 2 aromatic carbocycles. The molecule has 0 aromatic heterocycles. The third kappa shape index (κ3) is 4.27. The highest BCUT2D eigenvalue weighted by Gasteiger charge is 2.33. The standard InChI is InChI=1S/C25H25N3O/c1-18-14-21(17-25(2,3)16-18)27-28-23(20-12-8-5-9-13-20)26-22(24(28)29)15-19-10-6-4-7-11-19/h4-13,15-16H,14,17H2,1-3H3/b22-15+,27-21+. The Morgan fingerprint density at radius 3 is 2.34 bits per heavy atom. The Morgan fingerprint density at radius 2 is 1.69 bits per heavy atom. The van der Waals surface area contributed by atoms with Gasteiger partial charge in [-0.3, -0.25) is 4.79 Å². The quantitative estimate of drug-likeness (QED) is 0.514. The van der Waals surface area contributed by atoms with Gasteiger partial charge in [-0.1, -0.05) is 86.2 Å². The van der Waals surface area contributed by atoms with E-state index in [1.54, 1.807) is 0 Å². The van der Waals surface area contributed by atoms with Gasteiger partial charge in [0.2, 0.25) is 0 Å². The molecular weight excluding hydrogens is 358 g/mol. The molecule has 1 aliphatic heterocycles. The molecule has 0 saturated heterocycles. The molecule has 4 heteroatoms. The highest BCUT2D eigenvalue weighted by atomic mass is 16.2. The second-order valence-corrected chi connectivity index (χ2v) is 8.36. The van der Waals surface area contributed by atoms with Crippen molar-refractivity contribution in [2.24, 2.45) is 15.5 Å². The second-order valence-electron chi connectivity index (χ2n) is 8.36. The first kappa shape index (κ1) is 19.1. The molecule has 146 valence electrons. The van der Waals surface area contributed by atoms with E-state index in [9.17, 15) is 4.79 Å². The molecule has 0 fully saturated rings. The summed E-state index contributed by atoms with van der Waals surface area (Å²) in [6.07, 6.45) is 5.73. The van der Waals surface area contributed by atoms with Gasteiger partial charge in [-0.2, -0.15) is 10.1 Å². The molecular formula is C25H25N3O. The minimum Gasteiger partial charge on any atom is -0.265 e. The van der Waals surface area contributed by atoms with Crippen molar-refractivity contribution in [1.29, 1.82) is 0 Å². The van der Waals surface area contributed by atoms with Crippen molar-refractivity contribution in [1.82, 2.24) is 5.01 Å². The molecule has 1 heterocycles. The van der Waals surface area contributed by atoms with Gasteiger partial charge in [0.15, 0.2) is 5.84 Å². The van der Waals surface area contributed by atoms with E-state index in [-0.39, 0.29) is 11.3 Å². The SMILES string of the molecule is CC1=CC(C)(C)C/C(=N/N2C(=O)/C(=C\c3ccccc3)N=C2c2ccccc2)C1. The van der Waals surface area contributed by atoms with E-state index in [2.05, 4.69) is 31.8 Å². The number of hydrogen-bond acceptors (Lipinski definition) is 3. The average Bonchev–Trinajstić information content (AvgIpc) is 2.97. The lowest BCUT2D eigenvalue weighted by atomic mass is 9.79. The average molecular weight is 383 g/mol. The second kappa shape index (κ2) is 7.63. The Balaban J connectivity index is 1.75. The van der Waals surface area contributed by atoms with Crippen LogP contribution in [0.3, 0.4) is 0 Å². The minimum atomic E-state index is -0.190. The Kier molecular flexibility index (Phi) is 5.01. The highest BCUT2D eigenvalue weighted by Crippen LogP contribution is 2.32. The fraction of sp³-hybridized carbons (Fsp3) is 0.240. The first-order valence-corrected chi connectivity index (χ1v) is 9.91. The lowest BCUT2D eigenvalue weighted by Crippen LogP contribution is -2.31. The first-order chi connectivity index (χ1) is 13.9. The number of nitrogens with zero attached hydrogens (tertiary/aromatic N) is 3. The topological polar surface area (TPSA) is 45.0 Å². The number of amides is 1. The predicted molar refractivity (Wildman–Crippen MR) is 118 cm³/mol. The summed E-state index contributed by atoms with van der Waals surface area (Å²) in [5, 5.41) is 6.28. The van der Waals surface area contributed by atoms with Crippen LogP contribution in [0.5, 0.6) is 0 Å². The van der Waals surface area contributed by atoms with E-state index in [1.165, 1.54) is 10.6 Å². The Hall–Kier alpha value is -3.27. The van der Waals surface area contributed by atoms with E-state index in [0.29, 0.717) is 11.5 Å². The van der Waals surface area contributed by atoms with Crippen LogP contribution in [0.1, 0.15) is 44.7 Å². The van der Waals surface area contributed by atoms with Gasteiger partial charge in [0.25, 0.3) is 5.91 Å². The number of amidine groups is 1. The maximum absolute atomic E-state index is 13.2. The Morgan fingerprint density at radius 1 is 1.03 bits per heavy atom. The number of carbonyl (C=O) groups excluding carboxylic acids is 1. The number of carbonyl (C=O) groups is 1. The fourth-order valence-electron chi connectivity index (χ4n) is 3.97. The number of allylic oxidation sites excluding steroid dienone is 2. The summed E-state index contributed by atoms with van der Waals surface area (Å²) in [6, 6.07) is 19.5. The van der Waals surface area contributed by atoms with Gasteiger partial charge in [0, 0.05) is 17.7 Å². The number of rotatable bonds is 3. The monoisotopic (exact) mass is 383 g/mol. The molecule has 2 aliphatic rings. The van der Waals surface area contributed by atoms with Crippen molar-refractivity contribution in [3.05, 3.63) is 89.1 Å². The van der Waals surface area contributed by atoms with Crippen LogP contribution >= 0.6 is 0 Å². The lowest BCUT2D eigenvalue weighted by Gasteiger charge is -2.28. The molecule has 4 rings (SSSR count). The summed E-state index contributed by atoms with van der Waals surface area (Å²) < 4.78 is 0. The summed E-state index contributed by atoms with van der Waals surface area (Å²) >= 11 is 0. The molecule has 2 aromatic rings. The summed E-state index contributed by atoms with van der Waals surface area (Å²) in [6.45, 7) is 6.52. The van der Waals surface area contributed by atoms with Crippen molar-refractivity contribution < 1.29 is 4.79 Å². The van der Waals surface area contributed by atoms with Crippen LogP contribution < -0.4 is 0 Å². The Bertz CT molecular complexity index is 1040. The van der Waals surface area contributed by atoms with Crippen molar-refractivity contribution in [2.45, 2.75) is 33.6 Å². The molecule has 0 unspecified atom stereocenters. The van der Waals surface area contributed by atoms with Crippen LogP contribution in [0.4, 0.5) is 0 Å². The normalized spacial score (nSPS) is 21.5. The molecule has 0 radical (unpaired) electrons. The molecule has 0 bridgehead atoms. The van der Waals surface area contributed by atoms with Gasteiger partial charge in [0.05, 0.1) is 0 Å². The van der Waals surface area contributed by atoms with Gasteiger partial charge in [-0.15, -0.1) is 0 Å². The zero-order valence-electron chi connectivity index (χ0n) is 17.1. The summed E-state index contributed by atoms with van der Waals surface area (Å²) in [5.41, 5.74) is 4.55. The maximum Gasteiger partial charge on any atom is 0.298 e. The van der Waals surface area contributed by atoms with E-state index < -0.39 is 0 Å². The zero-order valence-corrected chi connectivity index (χ0v) is 17.1. The van der Waals surface area contributed by atoms with Crippen molar-refractivity contribution in [3.8, 4) is 0 Å². The van der Waals surface area contributed by atoms with E-state index >= 15 is 0 Å². The molecule has 1 aliphatic carbocycles. The van der Waals surface area contributed by atoms with E-state index in [4.69, 9.17) is 5.10 Å². The summed E-state index contributed by atoms with van der Waals surface area (Å²) in [5.74, 6) is 0.389. The van der Waals surface area contributed by atoms with Crippen molar-refractivity contribution in [2.75, 3.05) is 0 Å². The molecule has 4 nitrogen and oxygen atoms in total. The smallest absolute Gasteiger partial charge is 0.265 e. The largest absolute Gasteiger partial charge is 0.298 e. The Labute approximate surface area is 172 Å². The third-order valence-corrected chi connectivity index (χ3v) is 4.99. The van der Waals surface area contributed by atoms with E-state index in [0.717, 1.165) is 29.7 Å². The van der Waals surface area contributed by atoms with Crippen LogP contribution in [0.2, 0.25) is 0 Å². The molecule has 0 atom stereocenters. The van der Waals surface area contributed by atoms with Crippen LogP contribution in [0.25, 0.3) is 6.08 Å². The third-order valence-electron chi connectivity index (χ3n) is 4.99. The number of hydrogen-bond donors (Lipinski definition) is 0. The van der Waals surface area contributed by atoms with Crippen LogP contribution in [-0.4, -0.2) is 22.5 Å². The number of aliphatic imine (C=N–C) groups is 1. The molecule has 29 heavy (non-hydrogen) atoms. The number of benzene rings is 2. The van der Waals surface area contributed by atoms with Crippen LogP contribution in [-0.2, 0) is 4.79 Å². The van der Waals surface area contributed by atoms with Gasteiger partial charge in [-0.25, -0.2) is 4.99 Å². The molecule has 0 spiro atoms.